The molecule has 0 saturated carbocycles. The van der Waals surface area contributed by atoms with Crippen molar-refractivity contribution in [1.82, 2.24) is 0 Å². The number of nitrogens with zero attached hydrogens (tertiary/aromatic N) is 1. The largest absolute Gasteiger partial charge is 0.489 e. The maximum Gasteiger partial charge on any atom is 0.145 e. The van der Waals surface area contributed by atoms with Crippen LogP contribution in [0.2, 0.25) is 0 Å². The van der Waals surface area contributed by atoms with Crippen LogP contribution in [-0.4, -0.2) is 30.9 Å². The molecular weight excluding hydrogens is 190 g/mol. The highest BCUT2D eigenvalue weighted by molar-refractivity contribution is 5.63. The minimum atomic E-state index is -0.309. The van der Waals surface area contributed by atoms with Crippen molar-refractivity contribution in [3.63, 3.8) is 0 Å². The summed E-state index contributed by atoms with van der Waals surface area (Å²) in [5.74, 6) is 0.962. The van der Waals surface area contributed by atoms with Gasteiger partial charge in [0.25, 0.3) is 0 Å². The first-order valence-electron chi connectivity index (χ1n) is 5.34. The third-order valence-electron chi connectivity index (χ3n) is 2.62. The molecule has 1 N–H and O–H groups in total. The SMILES string of the molecule is Cc1cccc2c1OCCN2CC(C)O. The Morgan fingerprint density at radius 3 is 3.07 bits per heavy atom. The van der Waals surface area contributed by atoms with Crippen LogP contribution in [-0.2, 0) is 0 Å². The average Bonchev–Trinajstić information content (AvgIpc) is 2.19. The molecule has 1 unspecified atom stereocenters. The smallest absolute Gasteiger partial charge is 0.145 e. The van der Waals surface area contributed by atoms with E-state index in [1.165, 1.54) is 0 Å². The van der Waals surface area contributed by atoms with E-state index in [9.17, 15) is 5.11 Å². The van der Waals surface area contributed by atoms with Crippen molar-refractivity contribution in [3.8, 4) is 5.75 Å². The van der Waals surface area contributed by atoms with Gasteiger partial charge >= 0.3 is 0 Å². The van der Waals surface area contributed by atoms with Crippen LogP contribution in [0, 0.1) is 6.92 Å². The van der Waals surface area contributed by atoms with Gasteiger partial charge in [-0.05, 0) is 25.5 Å². The Hall–Kier alpha value is -1.22. The molecule has 1 aliphatic rings. The number of fused-ring (bicyclic) bond motifs is 1. The van der Waals surface area contributed by atoms with Gasteiger partial charge in [-0.1, -0.05) is 12.1 Å². The summed E-state index contributed by atoms with van der Waals surface area (Å²) in [6, 6.07) is 6.12. The third-order valence-corrected chi connectivity index (χ3v) is 2.62. The molecule has 0 amide bonds. The van der Waals surface area contributed by atoms with Gasteiger partial charge in [0, 0.05) is 6.54 Å². The molecule has 0 aliphatic carbocycles. The monoisotopic (exact) mass is 207 g/mol. The molecule has 2 rings (SSSR count). The lowest BCUT2D eigenvalue weighted by atomic mass is 10.1. The summed E-state index contributed by atoms with van der Waals surface area (Å²) in [6.45, 7) is 6.07. The minimum Gasteiger partial charge on any atom is -0.489 e. The van der Waals surface area contributed by atoms with Gasteiger partial charge in [-0.2, -0.15) is 0 Å². The average molecular weight is 207 g/mol. The fraction of sp³-hybridized carbons (Fsp3) is 0.500. The maximum atomic E-state index is 9.42. The molecule has 0 saturated heterocycles. The van der Waals surface area contributed by atoms with Crippen molar-refractivity contribution in [2.24, 2.45) is 0 Å². The normalized spacial score (nSPS) is 16.9. The Labute approximate surface area is 90.3 Å². The van der Waals surface area contributed by atoms with Gasteiger partial charge in [0.1, 0.15) is 12.4 Å². The highest BCUT2D eigenvalue weighted by Crippen LogP contribution is 2.34. The number of hydrogen-bond donors (Lipinski definition) is 1. The summed E-state index contributed by atoms with van der Waals surface area (Å²) < 4.78 is 5.64. The number of anilines is 1. The molecule has 0 radical (unpaired) electrons. The molecule has 0 spiro atoms. The molecule has 1 atom stereocenters. The molecule has 0 aromatic heterocycles. The standard InChI is InChI=1S/C12H17NO2/c1-9-4-3-5-11-12(9)15-7-6-13(11)8-10(2)14/h3-5,10,14H,6-8H2,1-2H3. The van der Waals surface area contributed by atoms with Crippen LogP contribution in [0.1, 0.15) is 12.5 Å². The molecule has 1 aliphatic heterocycles. The molecule has 0 bridgehead atoms. The van der Waals surface area contributed by atoms with Crippen LogP contribution >= 0.6 is 0 Å². The van der Waals surface area contributed by atoms with E-state index in [0.717, 1.165) is 23.5 Å². The predicted octanol–water partition coefficient (Wildman–Crippen LogP) is 1.57. The molecule has 1 aromatic carbocycles. The molecule has 15 heavy (non-hydrogen) atoms. The van der Waals surface area contributed by atoms with Crippen LogP contribution in [0.25, 0.3) is 0 Å². The molecule has 82 valence electrons. The zero-order valence-corrected chi connectivity index (χ0v) is 9.23. The Balaban J connectivity index is 2.30. The Kier molecular flexibility index (Phi) is 2.82. The molecular formula is C12H17NO2. The number of hydrogen-bond acceptors (Lipinski definition) is 3. The number of rotatable bonds is 2. The van der Waals surface area contributed by atoms with E-state index in [0.29, 0.717) is 13.2 Å². The Morgan fingerprint density at radius 2 is 2.33 bits per heavy atom. The van der Waals surface area contributed by atoms with Crippen LogP contribution in [0.3, 0.4) is 0 Å². The number of aryl methyl sites for hydroxylation is 1. The van der Waals surface area contributed by atoms with Crippen LogP contribution in [0.5, 0.6) is 5.75 Å². The highest BCUT2D eigenvalue weighted by atomic mass is 16.5. The first-order chi connectivity index (χ1) is 7.18. The molecule has 0 fully saturated rings. The summed E-state index contributed by atoms with van der Waals surface area (Å²) in [6.07, 6.45) is -0.309. The summed E-state index contributed by atoms with van der Waals surface area (Å²) in [5, 5.41) is 9.42. The first-order valence-corrected chi connectivity index (χ1v) is 5.34. The van der Waals surface area contributed by atoms with E-state index in [-0.39, 0.29) is 6.10 Å². The third kappa shape index (κ3) is 2.07. The summed E-state index contributed by atoms with van der Waals surface area (Å²) >= 11 is 0. The fourth-order valence-corrected chi connectivity index (χ4v) is 1.96. The highest BCUT2D eigenvalue weighted by Gasteiger charge is 2.19. The van der Waals surface area contributed by atoms with Crippen molar-refractivity contribution in [2.45, 2.75) is 20.0 Å². The molecule has 3 heteroatoms. The second-order valence-corrected chi connectivity index (χ2v) is 4.07. The number of β-amino-alcohol motifs (C(OH)–C–C–N with tert-alkyl or cyclic N) is 1. The van der Waals surface area contributed by atoms with Crippen LogP contribution < -0.4 is 9.64 Å². The number of benzene rings is 1. The maximum absolute atomic E-state index is 9.42. The number of aliphatic hydroxyl groups is 1. The van der Waals surface area contributed by atoms with Gasteiger partial charge in [-0.15, -0.1) is 0 Å². The van der Waals surface area contributed by atoms with Crippen molar-refractivity contribution < 1.29 is 9.84 Å². The Bertz CT molecular complexity index is 349. The summed E-state index contributed by atoms with van der Waals surface area (Å²) in [4.78, 5) is 2.18. The Morgan fingerprint density at radius 1 is 1.53 bits per heavy atom. The zero-order chi connectivity index (χ0) is 10.8. The number of ether oxygens (including phenoxy) is 1. The number of aliphatic hydroxyl groups excluding tert-OH is 1. The van der Waals surface area contributed by atoms with E-state index >= 15 is 0 Å². The van der Waals surface area contributed by atoms with Crippen LogP contribution in [0.15, 0.2) is 18.2 Å². The zero-order valence-electron chi connectivity index (χ0n) is 9.23. The van der Waals surface area contributed by atoms with E-state index in [4.69, 9.17) is 4.74 Å². The predicted molar refractivity (Wildman–Crippen MR) is 60.6 cm³/mol. The van der Waals surface area contributed by atoms with Gasteiger partial charge in [0.15, 0.2) is 0 Å². The lowest BCUT2D eigenvalue weighted by Crippen LogP contribution is -2.37. The van der Waals surface area contributed by atoms with Gasteiger partial charge in [-0.3, -0.25) is 0 Å². The van der Waals surface area contributed by atoms with Gasteiger partial charge < -0.3 is 14.7 Å². The fourth-order valence-electron chi connectivity index (χ4n) is 1.96. The van der Waals surface area contributed by atoms with Crippen molar-refractivity contribution in [1.29, 1.82) is 0 Å². The summed E-state index contributed by atoms with van der Waals surface area (Å²) in [7, 11) is 0. The minimum absolute atomic E-state index is 0.309. The first kappa shape index (κ1) is 10.3. The van der Waals surface area contributed by atoms with E-state index < -0.39 is 0 Å². The topological polar surface area (TPSA) is 32.7 Å². The van der Waals surface area contributed by atoms with Gasteiger partial charge in [0.2, 0.25) is 0 Å². The van der Waals surface area contributed by atoms with Gasteiger partial charge in [-0.25, -0.2) is 0 Å². The second kappa shape index (κ2) is 4.11. The lowest BCUT2D eigenvalue weighted by Gasteiger charge is -2.32. The van der Waals surface area contributed by atoms with Crippen molar-refractivity contribution in [3.05, 3.63) is 23.8 Å². The second-order valence-electron chi connectivity index (χ2n) is 4.07. The lowest BCUT2D eigenvalue weighted by molar-refractivity contribution is 0.194. The quantitative estimate of drug-likeness (QED) is 0.799. The van der Waals surface area contributed by atoms with Crippen molar-refractivity contribution in [2.75, 3.05) is 24.6 Å². The van der Waals surface area contributed by atoms with Crippen molar-refractivity contribution >= 4 is 5.69 Å². The van der Waals surface area contributed by atoms with E-state index in [1.807, 2.05) is 32.0 Å². The van der Waals surface area contributed by atoms with Crippen LogP contribution in [0.4, 0.5) is 5.69 Å². The summed E-state index contributed by atoms with van der Waals surface area (Å²) in [5.41, 5.74) is 2.25. The van der Waals surface area contributed by atoms with E-state index in [2.05, 4.69) is 4.90 Å². The number of para-hydroxylation sites is 1. The molecule has 3 nitrogen and oxygen atoms in total. The van der Waals surface area contributed by atoms with Gasteiger partial charge in [0.05, 0.1) is 18.3 Å². The molecule has 1 aromatic rings. The molecule has 1 heterocycles. The van der Waals surface area contributed by atoms with E-state index in [1.54, 1.807) is 0 Å².